The van der Waals surface area contributed by atoms with Crippen LogP contribution < -0.4 is 10.6 Å². The van der Waals surface area contributed by atoms with Crippen molar-refractivity contribution in [2.24, 2.45) is 0 Å². The largest absolute Gasteiger partial charge is 0.377 e. The Labute approximate surface area is 153 Å². The van der Waals surface area contributed by atoms with Gasteiger partial charge in [-0.05, 0) is 13.0 Å². The highest BCUT2D eigenvalue weighted by atomic mass is 35.5. The number of methoxy groups -OCH3 is 1. The number of halogens is 1. The number of carbonyl (C=O) groups excluding carboxylic acids is 1. The molecule has 1 unspecified atom stereocenters. The van der Waals surface area contributed by atoms with Crippen molar-refractivity contribution in [2.75, 3.05) is 17.7 Å². The number of rotatable bonds is 4. The van der Waals surface area contributed by atoms with E-state index in [2.05, 4.69) is 25.7 Å². The van der Waals surface area contributed by atoms with Crippen LogP contribution in [0.1, 0.15) is 24.2 Å². The molecule has 0 saturated carbocycles. The van der Waals surface area contributed by atoms with Gasteiger partial charge in [0.25, 0.3) is 0 Å². The number of carbonyl (C=O) groups is 1. The van der Waals surface area contributed by atoms with Gasteiger partial charge < -0.3 is 15.4 Å². The molecule has 3 rings (SSSR count). The first-order chi connectivity index (χ1) is 12.5. The number of hydrogen-bond acceptors (Lipinski definition) is 6. The van der Waals surface area contributed by atoms with Gasteiger partial charge in [-0.25, -0.2) is 14.3 Å². The Morgan fingerprint density at radius 2 is 2.19 bits per heavy atom. The summed E-state index contributed by atoms with van der Waals surface area (Å²) in [6, 6.07) is 2.96. The van der Waals surface area contributed by atoms with Crippen LogP contribution in [0.4, 0.5) is 16.2 Å². The molecule has 3 aromatic rings. The number of aromatic nitrogens is 4. The number of nitriles is 1. The average Bonchev–Trinajstić information content (AvgIpc) is 3.01. The van der Waals surface area contributed by atoms with E-state index in [9.17, 15) is 4.79 Å². The van der Waals surface area contributed by atoms with Crippen molar-refractivity contribution in [1.82, 2.24) is 19.6 Å². The van der Waals surface area contributed by atoms with E-state index in [1.54, 1.807) is 13.3 Å². The zero-order valence-electron chi connectivity index (χ0n) is 13.9. The Bertz CT molecular complexity index is 1010. The zero-order valence-corrected chi connectivity index (χ0v) is 14.7. The van der Waals surface area contributed by atoms with Crippen LogP contribution in [0.2, 0.25) is 5.15 Å². The van der Waals surface area contributed by atoms with Crippen LogP contribution in [0, 0.1) is 11.3 Å². The minimum absolute atomic E-state index is 0.281. The molecule has 26 heavy (non-hydrogen) atoms. The minimum atomic E-state index is -0.518. The summed E-state index contributed by atoms with van der Waals surface area (Å²) >= 11 is 5.95. The highest BCUT2D eigenvalue weighted by Gasteiger charge is 2.19. The van der Waals surface area contributed by atoms with Crippen LogP contribution in [-0.2, 0) is 4.74 Å². The molecule has 2 amide bonds. The maximum atomic E-state index is 12.3. The normalized spacial score (nSPS) is 11.8. The number of urea groups is 1. The predicted octanol–water partition coefficient (Wildman–Crippen LogP) is 3.00. The molecule has 0 aromatic carbocycles. The van der Waals surface area contributed by atoms with Crippen molar-refractivity contribution >= 4 is 34.7 Å². The highest BCUT2D eigenvalue weighted by molar-refractivity contribution is 6.29. The SMILES string of the molecule is COC(C)c1c(NC(=O)Nc2cncc(C#N)c2)cnn2cc(Cl)nc12. The third kappa shape index (κ3) is 3.56. The summed E-state index contributed by atoms with van der Waals surface area (Å²) in [4.78, 5) is 20.4. The fourth-order valence-electron chi connectivity index (χ4n) is 2.40. The number of hydrogen-bond donors (Lipinski definition) is 2. The van der Waals surface area contributed by atoms with Gasteiger partial charge in [0.15, 0.2) is 5.65 Å². The zero-order chi connectivity index (χ0) is 18.7. The van der Waals surface area contributed by atoms with Gasteiger partial charge in [-0.2, -0.15) is 10.4 Å². The van der Waals surface area contributed by atoms with Crippen LogP contribution in [0.5, 0.6) is 0 Å². The molecule has 3 aromatic heterocycles. The molecule has 0 saturated heterocycles. The molecular formula is C16H14ClN7O2. The van der Waals surface area contributed by atoms with Crippen molar-refractivity contribution in [3.05, 3.63) is 47.1 Å². The lowest BCUT2D eigenvalue weighted by Crippen LogP contribution is -2.21. The third-order valence-electron chi connectivity index (χ3n) is 3.63. The van der Waals surface area contributed by atoms with Gasteiger partial charge in [-0.15, -0.1) is 0 Å². The molecule has 0 aliphatic heterocycles. The van der Waals surface area contributed by atoms with Crippen molar-refractivity contribution in [3.63, 3.8) is 0 Å². The number of amides is 2. The molecule has 1 atom stereocenters. The van der Waals surface area contributed by atoms with Crippen LogP contribution in [0.15, 0.2) is 30.9 Å². The van der Waals surface area contributed by atoms with Crippen LogP contribution >= 0.6 is 11.6 Å². The quantitative estimate of drug-likeness (QED) is 0.727. The first-order valence-corrected chi connectivity index (χ1v) is 7.89. The van der Waals surface area contributed by atoms with Crippen LogP contribution in [-0.4, -0.2) is 32.7 Å². The van der Waals surface area contributed by atoms with Crippen molar-refractivity contribution in [2.45, 2.75) is 13.0 Å². The van der Waals surface area contributed by atoms with Gasteiger partial charge in [0.2, 0.25) is 0 Å². The second kappa shape index (κ2) is 7.35. The number of ether oxygens (including phenoxy) is 1. The monoisotopic (exact) mass is 371 g/mol. The van der Waals surface area contributed by atoms with Crippen molar-refractivity contribution in [1.29, 1.82) is 5.26 Å². The molecule has 0 spiro atoms. The van der Waals surface area contributed by atoms with E-state index in [-0.39, 0.29) is 11.3 Å². The Hall–Kier alpha value is -3.22. The Morgan fingerprint density at radius 3 is 2.92 bits per heavy atom. The summed E-state index contributed by atoms with van der Waals surface area (Å²) in [5.74, 6) is 0. The maximum absolute atomic E-state index is 12.3. The maximum Gasteiger partial charge on any atom is 0.323 e. The minimum Gasteiger partial charge on any atom is -0.377 e. The number of pyridine rings is 1. The highest BCUT2D eigenvalue weighted by Crippen LogP contribution is 2.29. The molecule has 0 bridgehead atoms. The molecular weight excluding hydrogens is 358 g/mol. The van der Waals surface area contributed by atoms with E-state index in [0.29, 0.717) is 28.1 Å². The average molecular weight is 372 g/mol. The van der Waals surface area contributed by atoms with Gasteiger partial charge in [-0.1, -0.05) is 11.6 Å². The van der Waals surface area contributed by atoms with Crippen molar-refractivity contribution < 1.29 is 9.53 Å². The second-order valence-corrected chi connectivity index (χ2v) is 5.72. The molecule has 2 N–H and O–H groups in total. The Morgan fingerprint density at radius 1 is 1.38 bits per heavy atom. The van der Waals surface area contributed by atoms with Crippen LogP contribution in [0.25, 0.3) is 5.65 Å². The fraction of sp³-hybridized carbons (Fsp3) is 0.188. The summed E-state index contributed by atoms with van der Waals surface area (Å²) in [7, 11) is 1.55. The van der Waals surface area contributed by atoms with Gasteiger partial charge in [0.05, 0.1) is 47.2 Å². The van der Waals surface area contributed by atoms with E-state index in [1.165, 1.54) is 29.2 Å². The lowest BCUT2D eigenvalue weighted by Gasteiger charge is -2.16. The van der Waals surface area contributed by atoms with Gasteiger partial charge >= 0.3 is 6.03 Å². The van der Waals surface area contributed by atoms with E-state index in [1.807, 2.05) is 13.0 Å². The number of fused-ring (bicyclic) bond motifs is 1. The van der Waals surface area contributed by atoms with E-state index >= 15 is 0 Å². The standard InChI is InChI=1S/C16H14ClN7O2/c1-9(26-2)14-12(7-20-24-8-13(17)23-15(14)24)22-16(25)21-11-3-10(4-18)5-19-6-11/h3,5-9H,1-2H3,(H2,21,22,25). The van der Waals surface area contributed by atoms with Gasteiger partial charge in [0, 0.05) is 13.3 Å². The number of imidazole rings is 1. The second-order valence-electron chi connectivity index (χ2n) is 5.33. The topological polar surface area (TPSA) is 117 Å². The summed E-state index contributed by atoms with van der Waals surface area (Å²) < 4.78 is 6.89. The van der Waals surface area contributed by atoms with Gasteiger partial charge in [0.1, 0.15) is 11.2 Å². The summed E-state index contributed by atoms with van der Waals surface area (Å²) in [5, 5.41) is 18.7. The first kappa shape index (κ1) is 17.6. The summed E-state index contributed by atoms with van der Waals surface area (Å²) in [5.41, 5.74) is 2.27. The Balaban J connectivity index is 1.90. The fourth-order valence-corrected chi connectivity index (χ4v) is 2.57. The summed E-state index contributed by atoms with van der Waals surface area (Å²) in [6.45, 7) is 1.82. The number of anilines is 2. The van der Waals surface area contributed by atoms with E-state index < -0.39 is 6.03 Å². The van der Waals surface area contributed by atoms with E-state index in [0.717, 1.165) is 0 Å². The molecule has 9 nitrogen and oxygen atoms in total. The predicted molar refractivity (Wildman–Crippen MR) is 95.0 cm³/mol. The molecule has 0 radical (unpaired) electrons. The summed E-state index contributed by atoms with van der Waals surface area (Å²) in [6.07, 6.45) is 5.53. The molecule has 10 heteroatoms. The number of nitrogens with one attached hydrogen (secondary N) is 2. The van der Waals surface area contributed by atoms with Crippen LogP contribution in [0.3, 0.4) is 0 Å². The molecule has 0 aliphatic rings. The van der Waals surface area contributed by atoms with Gasteiger partial charge in [-0.3, -0.25) is 4.98 Å². The molecule has 0 fully saturated rings. The molecule has 132 valence electrons. The smallest absolute Gasteiger partial charge is 0.323 e. The molecule has 3 heterocycles. The van der Waals surface area contributed by atoms with Crippen molar-refractivity contribution in [3.8, 4) is 6.07 Å². The first-order valence-electron chi connectivity index (χ1n) is 7.51. The third-order valence-corrected chi connectivity index (χ3v) is 3.82. The Kier molecular flexibility index (Phi) is 4.97. The lowest BCUT2D eigenvalue weighted by atomic mass is 10.1. The molecule has 0 aliphatic carbocycles. The lowest BCUT2D eigenvalue weighted by molar-refractivity contribution is 0.120. The number of nitrogens with zero attached hydrogens (tertiary/aromatic N) is 5. The van der Waals surface area contributed by atoms with E-state index in [4.69, 9.17) is 21.6 Å².